The quantitative estimate of drug-likeness (QED) is 0.865. The minimum atomic E-state index is 0.267. The molecule has 2 atom stereocenters. The number of nitrogens with one attached hydrogen (secondary N) is 1. The summed E-state index contributed by atoms with van der Waals surface area (Å²) in [5.74, 6) is 0.313. The van der Waals surface area contributed by atoms with Crippen molar-refractivity contribution in [2.24, 2.45) is 0 Å². The molecule has 2 nitrogen and oxygen atoms in total. The van der Waals surface area contributed by atoms with Crippen molar-refractivity contribution in [3.05, 3.63) is 51.7 Å². The minimum Gasteiger partial charge on any atom is -0.508 e. The lowest BCUT2D eigenvalue weighted by Crippen LogP contribution is -2.21. The van der Waals surface area contributed by atoms with E-state index in [1.54, 1.807) is 12.1 Å². The Balaban J connectivity index is 2.02. The van der Waals surface area contributed by atoms with Crippen LogP contribution in [0.5, 0.6) is 5.75 Å². The fraction of sp³-hybridized carbons (Fsp3) is 0.333. The summed E-state index contributed by atoms with van der Waals surface area (Å²) >= 11 is 1.83. The molecule has 18 heavy (non-hydrogen) atoms. The second-order valence-electron chi connectivity index (χ2n) is 4.65. The van der Waals surface area contributed by atoms with Crippen molar-refractivity contribution in [3.8, 4) is 5.75 Å². The zero-order valence-electron chi connectivity index (χ0n) is 11.0. The van der Waals surface area contributed by atoms with Crippen LogP contribution in [0.15, 0.2) is 36.4 Å². The first-order valence-corrected chi connectivity index (χ1v) is 6.99. The summed E-state index contributed by atoms with van der Waals surface area (Å²) in [6.07, 6.45) is 0. The molecular formula is C15H19NOS. The van der Waals surface area contributed by atoms with Gasteiger partial charge in [-0.3, -0.25) is 0 Å². The van der Waals surface area contributed by atoms with Gasteiger partial charge >= 0.3 is 0 Å². The predicted molar refractivity (Wildman–Crippen MR) is 77.1 cm³/mol. The van der Waals surface area contributed by atoms with Crippen molar-refractivity contribution in [2.75, 3.05) is 0 Å². The van der Waals surface area contributed by atoms with E-state index in [1.807, 2.05) is 23.5 Å². The van der Waals surface area contributed by atoms with Gasteiger partial charge in [0.1, 0.15) is 5.75 Å². The molecule has 0 saturated carbocycles. The Morgan fingerprint density at radius 1 is 1.00 bits per heavy atom. The smallest absolute Gasteiger partial charge is 0.115 e. The number of phenolic OH excluding ortho intramolecular Hbond substituents is 1. The van der Waals surface area contributed by atoms with Gasteiger partial charge in [0.05, 0.1) is 0 Å². The molecular weight excluding hydrogens is 242 g/mol. The summed E-state index contributed by atoms with van der Waals surface area (Å²) in [5, 5.41) is 12.9. The predicted octanol–water partition coefficient (Wildman–Crippen LogP) is 4.17. The lowest BCUT2D eigenvalue weighted by molar-refractivity contribution is 0.472. The number of hydrogen-bond donors (Lipinski definition) is 2. The van der Waals surface area contributed by atoms with Crippen LogP contribution in [0.4, 0.5) is 0 Å². The lowest BCUT2D eigenvalue weighted by Gasteiger charge is -2.19. The van der Waals surface area contributed by atoms with Crippen LogP contribution in [-0.2, 0) is 0 Å². The molecule has 1 heterocycles. The largest absolute Gasteiger partial charge is 0.508 e. The first kappa shape index (κ1) is 13.1. The van der Waals surface area contributed by atoms with Gasteiger partial charge in [0.2, 0.25) is 0 Å². The highest BCUT2D eigenvalue weighted by Crippen LogP contribution is 2.25. The third-order valence-corrected chi connectivity index (χ3v) is 4.26. The Bertz CT molecular complexity index is 503. The summed E-state index contributed by atoms with van der Waals surface area (Å²) < 4.78 is 0. The van der Waals surface area contributed by atoms with E-state index in [2.05, 4.69) is 38.2 Å². The van der Waals surface area contributed by atoms with E-state index in [0.29, 0.717) is 11.8 Å². The van der Waals surface area contributed by atoms with Gasteiger partial charge in [0.25, 0.3) is 0 Å². The number of benzene rings is 1. The number of thiophene rings is 1. The second-order valence-corrected chi connectivity index (χ2v) is 5.97. The first-order chi connectivity index (χ1) is 8.56. The van der Waals surface area contributed by atoms with Crippen molar-refractivity contribution in [3.63, 3.8) is 0 Å². The third-order valence-electron chi connectivity index (χ3n) is 3.08. The molecule has 0 saturated heterocycles. The highest BCUT2D eigenvalue weighted by atomic mass is 32.1. The molecule has 2 rings (SSSR count). The summed E-state index contributed by atoms with van der Waals surface area (Å²) in [6, 6.07) is 12.3. The highest BCUT2D eigenvalue weighted by Gasteiger charge is 2.12. The van der Waals surface area contributed by atoms with Gasteiger partial charge in [0.15, 0.2) is 0 Å². The van der Waals surface area contributed by atoms with Crippen LogP contribution in [0.1, 0.15) is 41.2 Å². The zero-order valence-corrected chi connectivity index (χ0v) is 11.8. The van der Waals surface area contributed by atoms with Gasteiger partial charge in [-0.25, -0.2) is 0 Å². The Morgan fingerprint density at radius 2 is 1.67 bits per heavy atom. The summed E-state index contributed by atoms with van der Waals surface area (Å²) in [7, 11) is 0. The molecule has 96 valence electrons. The van der Waals surface area contributed by atoms with Gasteiger partial charge in [-0.15, -0.1) is 11.3 Å². The molecule has 3 heteroatoms. The fourth-order valence-corrected chi connectivity index (χ4v) is 2.89. The topological polar surface area (TPSA) is 32.3 Å². The van der Waals surface area contributed by atoms with Crippen molar-refractivity contribution < 1.29 is 5.11 Å². The molecule has 2 N–H and O–H groups in total. The van der Waals surface area contributed by atoms with Crippen LogP contribution < -0.4 is 5.32 Å². The SMILES string of the molecule is Cc1ccc(C(C)NC(C)c2ccc(O)cc2)s1. The van der Waals surface area contributed by atoms with Gasteiger partial charge < -0.3 is 10.4 Å². The maximum atomic E-state index is 9.28. The van der Waals surface area contributed by atoms with Gasteiger partial charge in [-0.2, -0.15) is 0 Å². The number of rotatable bonds is 4. The Hall–Kier alpha value is -1.32. The average Bonchev–Trinajstić information content (AvgIpc) is 2.76. The number of aryl methyl sites for hydroxylation is 1. The maximum Gasteiger partial charge on any atom is 0.115 e. The summed E-state index contributed by atoms with van der Waals surface area (Å²) in [5.41, 5.74) is 1.19. The zero-order chi connectivity index (χ0) is 13.1. The van der Waals surface area contributed by atoms with Crippen LogP contribution >= 0.6 is 11.3 Å². The number of aromatic hydroxyl groups is 1. The molecule has 1 aromatic carbocycles. The van der Waals surface area contributed by atoms with E-state index in [9.17, 15) is 5.11 Å². The molecule has 0 fully saturated rings. The first-order valence-electron chi connectivity index (χ1n) is 6.17. The summed E-state index contributed by atoms with van der Waals surface area (Å²) in [6.45, 7) is 6.45. The van der Waals surface area contributed by atoms with Crippen LogP contribution in [0.25, 0.3) is 0 Å². The monoisotopic (exact) mass is 261 g/mol. The van der Waals surface area contributed by atoms with E-state index < -0.39 is 0 Å². The normalized spacial score (nSPS) is 14.4. The molecule has 0 aliphatic carbocycles. The molecule has 2 unspecified atom stereocenters. The Kier molecular flexibility index (Phi) is 4.04. The maximum absolute atomic E-state index is 9.28. The van der Waals surface area contributed by atoms with Crippen molar-refractivity contribution >= 4 is 11.3 Å². The second kappa shape index (κ2) is 5.55. The molecule has 0 radical (unpaired) electrons. The number of hydrogen-bond acceptors (Lipinski definition) is 3. The van der Waals surface area contributed by atoms with Crippen LogP contribution in [0.3, 0.4) is 0 Å². The van der Waals surface area contributed by atoms with Gasteiger partial charge in [-0.05, 0) is 50.6 Å². The molecule has 1 aromatic heterocycles. The van der Waals surface area contributed by atoms with Crippen molar-refractivity contribution in [1.29, 1.82) is 0 Å². The van der Waals surface area contributed by atoms with E-state index in [4.69, 9.17) is 0 Å². The Labute approximate surface area is 112 Å². The lowest BCUT2D eigenvalue weighted by atomic mass is 10.1. The summed E-state index contributed by atoms with van der Waals surface area (Å²) in [4.78, 5) is 2.70. The van der Waals surface area contributed by atoms with E-state index in [-0.39, 0.29) is 6.04 Å². The molecule has 0 bridgehead atoms. The molecule has 0 spiro atoms. The highest BCUT2D eigenvalue weighted by molar-refractivity contribution is 7.12. The van der Waals surface area contributed by atoms with Crippen molar-refractivity contribution in [1.82, 2.24) is 5.32 Å². The molecule has 0 aliphatic rings. The fourth-order valence-electron chi connectivity index (χ4n) is 2.00. The van der Waals surface area contributed by atoms with Crippen LogP contribution in [-0.4, -0.2) is 5.11 Å². The molecule has 0 aliphatic heterocycles. The van der Waals surface area contributed by atoms with Gasteiger partial charge in [0, 0.05) is 21.8 Å². The third kappa shape index (κ3) is 3.12. The Morgan fingerprint density at radius 3 is 2.22 bits per heavy atom. The standard InChI is InChI=1S/C15H19NOS/c1-10-4-9-15(18-10)12(3)16-11(2)13-5-7-14(17)8-6-13/h4-9,11-12,16-17H,1-3H3. The molecule has 0 amide bonds. The van der Waals surface area contributed by atoms with Crippen molar-refractivity contribution in [2.45, 2.75) is 32.9 Å². The van der Waals surface area contributed by atoms with E-state index in [1.165, 1.54) is 15.3 Å². The van der Waals surface area contributed by atoms with E-state index in [0.717, 1.165) is 0 Å². The van der Waals surface area contributed by atoms with Crippen LogP contribution in [0, 0.1) is 6.92 Å². The van der Waals surface area contributed by atoms with E-state index >= 15 is 0 Å². The van der Waals surface area contributed by atoms with Crippen LogP contribution in [0.2, 0.25) is 0 Å². The van der Waals surface area contributed by atoms with Gasteiger partial charge in [-0.1, -0.05) is 12.1 Å². The number of phenols is 1. The minimum absolute atomic E-state index is 0.267. The average molecular weight is 261 g/mol. The molecule has 2 aromatic rings.